The van der Waals surface area contributed by atoms with E-state index in [1.54, 1.807) is 7.11 Å². The van der Waals surface area contributed by atoms with Gasteiger partial charge in [0.15, 0.2) is 0 Å². The zero-order chi connectivity index (χ0) is 13.0. The monoisotopic (exact) mass is 268 g/mol. The second kappa shape index (κ2) is 6.07. The Morgan fingerprint density at radius 1 is 1.56 bits per heavy atom. The van der Waals surface area contributed by atoms with Gasteiger partial charge in [-0.3, -0.25) is 0 Å². The quantitative estimate of drug-likeness (QED) is 0.804. The van der Waals surface area contributed by atoms with Crippen molar-refractivity contribution in [3.63, 3.8) is 0 Å². The highest BCUT2D eigenvalue weighted by atomic mass is 35.5. The Hall–Kier alpha value is -1.26. The Labute approximate surface area is 112 Å². The maximum atomic E-state index is 11.5. The van der Waals surface area contributed by atoms with Gasteiger partial charge in [0.25, 0.3) is 0 Å². The number of benzene rings is 1. The molecule has 4 nitrogen and oxygen atoms in total. The molecule has 0 aliphatic heterocycles. The fourth-order valence-electron chi connectivity index (χ4n) is 1.95. The fourth-order valence-corrected chi connectivity index (χ4v) is 2.14. The Kier molecular flexibility index (Phi) is 4.44. The van der Waals surface area contributed by atoms with Crippen LogP contribution in [0.2, 0.25) is 5.02 Å². The van der Waals surface area contributed by atoms with E-state index in [1.807, 2.05) is 24.3 Å². The zero-order valence-corrected chi connectivity index (χ0v) is 11.0. The van der Waals surface area contributed by atoms with E-state index in [0.29, 0.717) is 19.1 Å². The predicted octanol–water partition coefficient (Wildman–Crippen LogP) is 2.14. The second-order valence-corrected chi connectivity index (χ2v) is 4.83. The zero-order valence-electron chi connectivity index (χ0n) is 10.3. The first-order valence-corrected chi connectivity index (χ1v) is 6.37. The normalized spacial score (nSPS) is 21.4. The highest BCUT2D eigenvalue weighted by Crippen LogP contribution is 2.41. The number of rotatable bonds is 5. The van der Waals surface area contributed by atoms with Crippen molar-refractivity contribution in [2.75, 3.05) is 20.3 Å². The molecule has 0 radical (unpaired) electrons. The topological polar surface area (TPSA) is 50.4 Å². The summed E-state index contributed by atoms with van der Waals surface area (Å²) in [4.78, 5) is 11.5. The molecule has 1 aliphatic rings. The van der Waals surface area contributed by atoms with Gasteiger partial charge in [-0.05, 0) is 24.1 Å². The van der Waals surface area contributed by atoms with Gasteiger partial charge >= 0.3 is 6.03 Å². The van der Waals surface area contributed by atoms with Gasteiger partial charge in [-0.15, -0.1) is 0 Å². The first-order valence-electron chi connectivity index (χ1n) is 5.99. The third kappa shape index (κ3) is 3.62. The Bertz CT molecular complexity index is 425. The largest absolute Gasteiger partial charge is 0.383 e. The van der Waals surface area contributed by atoms with Crippen molar-refractivity contribution in [1.29, 1.82) is 0 Å². The van der Waals surface area contributed by atoms with Crippen LogP contribution in [0.1, 0.15) is 17.9 Å². The molecule has 5 heteroatoms. The third-order valence-electron chi connectivity index (χ3n) is 2.98. The number of amides is 2. The molecular formula is C13H17ClN2O2. The van der Waals surface area contributed by atoms with Crippen molar-refractivity contribution in [2.24, 2.45) is 0 Å². The molecule has 1 aliphatic carbocycles. The summed E-state index contributed by atoms with van der Waals surface area (Å²) in [5.41, 5.74) is 1.18. The molecule has 0 spiro atoms. The molecule has 1 saturated carbocycles. The summed E-state index contributed by atoms with van der Waals surface area (Å²) < 4.78 is 4.86. The SMILES string of the molecule is COCCNC(=O)N[C@@H]1C[C@H]1c1cccc(Cl)c1. The molecule has 0 bridgehead atoms. The van der Waals surface area contributed by atoms with Crippen LogP contribution in [0.5, 0.6) is 0 Å². The lowest BCUT2D eigenvalue weighted by Gasteiger charge is -2.07. The molecule has 0 aromatic heterocycles. The Balaban J connectivity index is 1.76. The van der Waals surface area contributed by atoms with Gasteiger partial charge < -0.3 is 15.4 Å². The number of hydrogen-bond acceptors (Lipinski definition) is 2. The lowest BCUT2D eigenvalue weighted by Crippen LogP contribution is -2.38. The summed E-state index contributed by atoms with van der Waals surface area (Å²) in [7, 11) is 1.61. The fraction of sp³-hybridized carbons (Fsp3) is 0.462. The first kappa shape index (κ1) is 13.2. The second-order valence-electron chi connectivity index (χ2n) is 4.40. The van der Waals surface area contributed by atoms with Crippen molar-refractivity contribution < 1.29 is 9.53 Å². The van der Waals surface area contributed by atoms with Crippen LogP contribution in [0.25, 0.3) is 0 Å². The van der Waals surface area contributed by atoms with Crippen LogP contribution in [-0.2, 0) is 4.74 Å². The Morgan fingerprint density at radius 3 is 3.11 bits per heavy atom. The van der Waals surface area contributed by atoms with Gasteiger partial charge in [0.05, 0.1) is 6.61 Å². The molecule has 1 aromatic rings. The van der Waals surface area contributed by atoms with Crippen molar-refractivity contribution in [1.82, 2.24) is 10.6 Å². The van der Waals surface area contributed by atoms with Gasteiger partial charge in [-0.1, -0.05) is 23.7 Å². The lowest BCUT2D eigenvalue weighted by molar-refractivity contribution is 0.195. The van der Waals surface area contributed by atoms with E-state index in [4.69, 9.17) is 16.3 Å². The molecule has 0 heterocycles. The molecule has 2 atom stereocenters. The minimum absolute atomic E-state index is 0.137. The lowest BCUT2D eigenvalue weighted by atomic mass is 10.1. The number of methoxy groups -OCH3 is 1. The maximum Gasteiger partial charge on any atom is 0.315 e. The standard InChI is InChI=1S/C13H17ClN2O2/c1-18-6-5-15-13(17)16-12-8-11(12)9-3-2-4-10(14)7-9/h2-4,7,11-12H,5-6,8H2,1H3,(H2,15,16,17)/t11-,12+/m0/s1. The number of ether oxygens (including phenoxy) is 1. The summed E-state index contributed by atoms with van der Waals surface area (Å²) in [6.07, 6.45) is 0.970. The molecule has 0 saturated heterocycles. The molecule has 1 fully saturated rings. The molecule has 2 N–H and O–H groups in total. The van der Waals surface area contributed by atoms with Crippen molar-refractivity contribution >= 4 is 17.6 Å². The summed E-state index contributed by atoms with van der Waals surface area (Å²) in [6.45, 7) is 1.05. The molecule has 0 unspecified atom stereocenters. The van der Waals surface area contributed by atoms with E-state index in [0.717, 1.165) is 11.4 Å². The van der Waals surface area contributed by atoms with Gasteiger partial charge in [0.1, 0.15) is 0 Å². The van der Waals surface area contributed by atoms with Gasteiger partial charge in [-0.2, -0.15) is 0 Å². The third-order valence-corrected chi connectivity index (χ3v) is 3.21. The number of urea groups is 1. The minimum Gasteiger partial charge on any atom is -0.383 e. The average Bonchev–Trinajstić information content (AvgIpc) is 3.08. The van der Waals surface area contributed by atoms with Crippen molar-refractivity contribution in [2.45, 2.75) is 18.4 Å². The molecular weight excluding hydrogens is 252 g/mol. The van der Waals surface area contributed by atoms with Crippen LogP contribution in [0, 0.1) is 0 Å². The number of nitrogens with one attached hydrogen (secondary N) is 2. The van der Waals surface area contributed by atoms with Crippen LogP contribution < -0.4 is 10.6 Å². The van der Waals surface area contributed by atoms with Crippen LogP contribution >= 0.6 is 11.6 Å². The van der Waals surface area contributed by atoms with Gasteiger partial charge in [0, 0.05) is 30.6 Å². The maximum absolute atomic E-state index is 11.5. The predicted molar refractivity (Wildman–Crippen MR) is 71.0 cm³/mol. The molecule has 1 aromatic carbocycles. The van der Waals surface area contributed by atoms with Crippen LogP contribution in [-0.4, -0.2) is 32.3 Å². The smallest absolute Gasteiger partial charge is 0.315 e. The highest BCUT2D eigenvalue weighted by Gasteiger charge is 2.39. The van der Waals surface area contributed by atoms with Crippen LogP contribution in [0.3, 0.4) is 0 Å². The summed E-state index contributed by atoms with van der Waals surface area (Å²) in [5, 5.41) is 6.41. The number of hydrogen-bond donors (Lipinski definition) is 2. The average molecular weight is 269 g/mol. The summed E-state index contributed by atoms with van der Waals surface area (Å²) in [6, 6.07) is 7.86. The van der Waals surface area contributed by atoms with Crippen molar-refractivity contribution in [3.8, 4) is 0 Å². The van der Waals surface area contributed by atoms with E-state index in [1.165, 1.54) is 5.56 Å². The number of halogens is 1. The molecule has 2 amide bonds. The summed E-state index contributed by atoms with van der Waals surface area (Å²) >= 11 is 5.94. The van der Waals surface area contributed by atoms with E-state index in [2.05, 4.69) is 10.6 Å². The minimum atomic E-state index is -0.137. The van der Waals surface area contributed by atoms with Gasteiger partial charge in [0.2, 0.25) is 0 Å². The number of carbonyl (C=O) groups excluding carboxylic acids is 1. The van der Waals surface area contributed by atoms with Crippen LogP contribution in [0.4, 0.5) is 4.79 Å². The van der Waals surface area contributed by atoms with E-state index in [9.17, 15) is 4.79 Å². The van der Waals surface area contributed by atoms with E-state index < -0.39 is 0 Å². The molecule has 2 rings (SSSR count). The highest BCUT2D eigenvalue weighted by molar-refractivity contribution is 6.30. The molecule has 98 valence electrons. The Morgan fingerprint density at radius 2 is 2.39 bits per heavy atom. The van der Waals surface area contributed by atoms with Gasteiger partial charge in [-0.25, -0.2) is 4.79 Å². The molecule has 18 heavy (non-hydrogen) atoms. The number of carbonyl (C=O) groups is 1. The van der Waals surface area contributed by atoms with Crippen LogP contribution in [0.15, 0.2) is 24.3 Å². The summed E-state index contributed by atoms with van der Waals surface area (Å²) in [5.74, 6) is 0.386. The van der Waals surface area contributed by atoms with E-state index >= 15 is 0 Å². The van der Waals surface area contributed by atoms with E-state index in [-0.39, 0.29) is 12.1 Å². The first-order chi connectivity index (χ1) is 8.70. The van der Waals surface area contributed by atoms with Crippen molar-refractivity contribution in [3.05, 3.63) is 34.9 Å².